The first-order chi connectivity index (χ1) is 9.83. The number of hydrogen-bond donors (Lipinski definition) is 0. The molecule has 1 unspecified atom stereocenters. The molecule has 0 spiro atoms. The van der Waals surface area contributed by atoms with Crippen LogP contribution < -0.4 is 4.74 Å². The molecule has 1 nitrogen and oxygen atoms in total. The number of hydrogen-bond acceptors (Lipinski definition) is 1. The molecule has 2 rings (SSSR count). The van der Waals surface area contributed by atoms with Gasteiger partial charge in [0.1, 0.15) is 5.75 Å². The monoisotopic (exact) mass is 272 g/mol. The van der Waals surface area contributed by atoms with Crippen molar-refractivity contribution in [2.75, 3.05) is 6.61 Å². The normalized spacial score (nSPS) is 18.7. The van der Waals surface area contributed by atoms with Crippen LogP contribution in [0, 0.1) is 5.92 Å². The Bertz CT molecular complexity index is 416. The zero-order chi connectivity index (χ0) is 14.2. The van der Waals surface area contributed by atoms with Crippen molar-refractivity contribution >= 4 is 5.57 Å². The Kier molecular flexibility index (Phi) is 6.17. The third-order valence-electron chi connectivity index (χ3n) is 4.18. The lowest BCUT2D eigenvalue weighted by Gasteiger charge is -2.22. The second-order valence-corrected chi connectivity index (χ2v) is 5.88. The van der Waals surface area contributed by atoms with Gasteiger partial charge in [-0.05, 0) is 54.9 Å². The third-order valence-corrected chi connectivity index (χ3v) is 4.18. The highest BCUT2D eigenvalue weighted by molar-refractivity contribution is 5.66. The van der Waals surface area contributed by atoms with Crippen molar-refractivity contribution in [3.8, 4) is 5.75 Å². The molecule has 0 bridgehead atoms. The van der Waals surface area contributed by atoms with Crippen LogP contribution in [0.1, 0.15) is 64.4 Å². The van der Waals surface area contributed by atoms with Gasteiger partial charge in [-0.15, -0.1) is 0 Å². The topological polar surface area (TPSA) is 9.23 Å². The molecule has 110 valence electrons. The molecule has 20 heavy (non-hydrogen) atoms. The smallest absolute Gasteiger partial charge is 0.119 e. The second-order valence-electron chi connectivity index (χ2n) is 5.88. The predicted octanol–water partition coefficient (Wildman–Crippen LogP) is 5.85. The van der Waals surface area contributed by atoms with Crippen LogP contribution in [0.5, 0.6) is 5.75 Å². The van der Waals surface area contributed by atoms with Crippen LogP contribution in [0.15, 0.2) is 30.3 Å². The predicted molar refractivity (Wildman–Crippen MR) is 87.1 cm³/mol. The number of rotatable bonds is 7. The molecule has 1 aromatic carbocycles. The molecule has 0 radical (unpaired) electrons. The Hall–Kier alpha value is -1.24. The zero-order valence-electron chi connectivity index (χ0n) is 13.0. The Morgan fingerprint density at radius 2 is 1.90 bits per heavy atom. The number of ether oxygens (including phenoxy) is 1. The van der Waals surface area contributed by atoms with Crippen molar-refractivity contribution in [1.82, 2.24) is 0 Å². The maximum atomic E-state index is 5.64. The largest absolute Gasteiger partial charge is 0.494 e. The molecule has 0 saturated heterocycles. The number of unbranched alkanes of at least 4 members (excludes halogenated alkanes) is 1. The summed E-state index contributed by atoms with van der Waals surface area (Å²) >= 11 is 0. The molecule has 0 amide bonds. The van der Waals surface area contributed by atoms with Gasteiger partial charge in [-0.3, -0.25) is 0 Å². The van der Waals surface area contributed by atoms with Gasteiger partial charge in [0.05, 0.1) is 6.61 Å². The molecule has 0 aromatic heterocycles. The lowest BCUT2D eigenvalue weighted by Crippen LogP contribution is -2.05. The summed E-state index contributed by atoms with van der Waals surface area (Å²) in [5, 5.41) is 0. The van der Waals surface area contributed by atoms with E-state index in [1.807, 2.05) is 0 Å². The summed E-state index contributed by atoms with van der Waals surface area (Å²) in [4.78, 5) is 0. The molecule has 1 aliphatic carbocycles. The highest BCUT2D eigenvalue weighted by Gasteiger charge is 2.14. The van der Waals surface area contributed by atoms with Crippen molar-refractivity contribution in [3.05, 3.63) is 35.9 Å². The van der Waals surface area contributed by atoms with E-state index in [-0.39, 0.29) is 0 Å². The minimum absolute atomic E-state index is 0.807. The van der Waals surface area contributed by atoms with Gasteiger partial charge in [-0.25, -0.2) is 0 Å². The van der Waals surface area contributed by atoms with Crippen LogP contribution in [-0.2, 0) is 0 Å². The lowest BCUT2D eigenvalue weighted by molar-refractivity contribution is 0.317. The maximum absolute atomic E-state index is 5.64. The molecule has 1 heteroatoms. The van der Waals surface area contributed by atoms with Crippen molar-refractivity contribution in [2.24, 2.45) is 5.92 Å². The van der Waals surface area contributed by atoms with Gasteiger partial charge >= 0.3 is 0 Å². The molecule has 0 saturated carbocycles. The van der Waals surface area contributed by atoms with Gasteiger partial charge < -0.3 is 4.74 Å². The molecule has 0 fully saturated rings. The van der Waals surface area contributed by atoms with Crippen molar-refractivity contribution < 1.29 is 4.74 Å². The molecular formula is C19H28O. The fourth-order valence-electron chi connectivity index (χ4n) is 2.89. The minimum atomic E-state index is 0.807. The summed E-state index contributed by atoms with van der Waals surface area (Å²) in [7, 11) is 0. The highest BCUT2D eigenvalue weighted by Crippen LogP contribution is 2.33. The van der Waals surface area contributed by atoms with E-state index in [1.165, 1.54) is 49.7 Å². The Morgan fingerprint density at radius 3 is 2.50 bits per heavy atom. The maximum Gasteiger partial charge on any atom is 0.119 e. The van der Waals surface area contributed by atoms with Crippen LogP contribution in [0.25, 0.3) is 5.57 Å². The first-order valence-corrected chi connectivity index (χ1v) is 8.25. The average molecular weight is 272 g/mol. The highest BCUT2D eigenvalue weighted by atomic mass is 16.5. The summed E-state index contributed by atoms with van der Waals surface area (Å²) < 4.78 is 5.64. The molecule has 0 heterocycles. The van der Waals surface area contributed by atoms with Gasteiger partial charge in [-0.2, -0.15) is 0 Å². The van der Waals surface area contributed by atoms with Gasteiger partial charge in [-0.1, -0.05) is 51.3 Å². The third kappa shape index (κ3) is 4.40. The van der Waals surface area contributed by atoms with E-state index in [1.54, 1.807) is 0 Å². The summed E-state index contributed by atoms with van der Waals surface area (Å²) in [6.07, 6.45) is 11.5. The van der Waals surface area contributed by atoms with Crippen molar-refractivity contribution in [3.63, 3.8) is 0 Å². The first kappa shape index (κ1) is 15.2. The summed E-state index contributed by atoms with van der Waals surface area (Å²) in [5.74, 6) is 1.92. The summed E-state index contributed by atoms with van der Waals surface area (Å²) in [6.45, 7) is 5.23. The van der Waals surface area contributed by atoms with Crippen molar-refractivity contribution in [1.29, 1.82) is 0 Å². The number of benzene rings is 1. The van der Waals surface area contributed by atoms with Crippen molar-refractivity contribution in [2.45, 2.75) is 58.8 Å². The van der Waals surface area contributed by atoms with E-state index in [2.05, 4.69) is 44.2 Å². The summed E-state index contributed by atoms with van der Waals surface area (Å²) in [6, 6.07) is 8.64. The van der Waals surface area contributed by atoms with Crippen LogP contribution in [0.4, 0.5) is 0 Å². The molecule has 1 aromatic rings. The van der Waals surface area contributed by atoms with Crippen LogP contribution in [-0.4, -0.2) is 6.61 Å². The van der Waals surface area contributed by atoms with Crippen LogP contribution in [0.2, 0.25) is 0 Å². The van der Waals surface area contributed by atoms with E-state index >= 15 is 0 Å². The van der Waals surface area contributed by atoms with Crippen LogP contribution in [0.3, 0.4) is 0 Å². The SMILES string of the molecule is CCCCC1CC=C(c2ccc(OCCC)cc2)CC1. The van der Waals surface area contributed by atoms with Crippen LogP contribution >= 0.6 is 0 Å². The molecule has 1 aliphatic rings. The zero-order valence-corrected chi connectivity index (χ0v) is 13.0. The lowest BCUT2D eigenvalue weighted by atomic mass is 9.84. The number of allylic oxidation sites excluding steroid dienone is 2. The Morgan fingerprint density at radius 1 is 1.10 bits per heavy atom. The average Bonchev–Trinajstić information content (AvgIpc) is 2.52. The molecule has 0 N–H and O–H groups in total. The van der Waals surface area contributed by atoms with E-state index in [4.69, 9.17) is 4.74 Å². The van der Waals surface area contributed by atoms with Gasteiger partial charge in [0.2, 0.25) is 0 Å². The van der Waals surface area contributed by atoms with E-state index in [0.717, 1.165) is 24.7 Å². The van der Waals surface area contributed by atoms with Gasteiger partial charge in [0.25, 0.3) is 0 Å². The fraction of sp³-hybridized carbons (Fsp3) is 0.579. The van der Waals surface area contributed by atoms with E-state index in [9.17, 15) is 0 Å². The molecule has 0 aliphatic heterocycles. The fourth-order valence-corrected chi connectivity index (χ4v) is 2.89. The quantitative estimate of drug-likeness (QED) is 0.605. The van der Waals surface area contributed by atoms with E-state index < -0.39 is 0 Å². The Balaban J connectivity index is 1.90. The minimum Gasteiger partial charge on any atom is -0.494 e. The standard InChI is InChI=1S/C19H28O/c1-3-5-6-16-7-9-17(10-8-16)18-11-13-19(14-12-18)20-15-4-2/h9,11-14,16H,3-8,10,15H2,1-2H3. The van der Waals surface area contributed by atoms with Gasteiger partial charge in [0.15, 0.2) is 0 Å². The van der Waals surface area contributed by atoms with E-state index in [0.29, 0.717) is 0 Å². The first-order valence-electron chi connectivity index (χ1n) is 8.25. The molecule has 1 atom stereocenters. The molecular weight excluding hydrogens is 244 g/mol. The Labute approximate surface area is 124 Å². The van der Waals surface area contributed by atoms with Gasteiger partial charge in [0, 0.05) is 0 Å². The summed E-state index contributed by atoms with van der Waals surface area (Å²) in [5.41, 5.74) is 2.91. The second kappa shape index (κ2) is 8.14.